The van der Waals surface area contributed by atoms with E-state index in [4.69, 9.17) is 0 Å². The van der Waals surface area contributed by atoms with Crippen molar-refractivity contribution in [3.05, 3.63) is 47.1 Å². The maximum absolute atomic E-state index is 14.0. The molecule has 0 aliphatic heterocycles. The lowest BCUT2D eigenvalue weighted by Crippen LogP contribution is -2.09. The Balaban J connectivity index is 1.64. The van der Waals surface area contributed by atoms with Crippen LogP contribution in [0.2, 0.25) is 0 Å². The van der Waals surface area contributed by atoms with Crippen molar-refractivity contribution < 1.29 is 14.0 Å². The highest BCUT2D eigenvalue weighted by molar-refractivity contribution is 7.99. The van der Waals surface area contributed by atoms with Crippen LogP contribution in [-0.2, 0) is 4.79 Å². The zero-order valence-electron chi connectivity index (χ0n) is 13.1. The van der Waals surface area contributed by atoms with Crippen molar-refractivity contribution in [3.8, 4) is 10.7 Å². The van der Waals surface area contributed by atoms with Crippen LogP contribution in [0.1, 0.15) is 17.3 Å². The number of nitrogens with zero attached hydrogens (tertiary/aromatic N) is 2. The maximum Gasteiger partial charge on any atom is 0.221 e. The lowest BCUT2D eigenvalue weighted by Gasteiger charge is -2.05. The SMILES string of the molecule is CC(=O)Nc1ccc(C(=O)CSc2n[nH]c(-c3cccs3)n2)c(F)c1. The van der Waals surface area contributed by atoms with E-state index in [1.807, 2.05) is 17.5 Å². The molecule has 0 aliphatic rings. The normalized spacial score (nSPS) is 10.6. The zero-order valence-corrected chi connectivity index (χ0v) is 14.7. The Hall–Kier alpha value is -2.52. The highest BCUT2D eigenvalue weighted by Gasteiger charge is 2.15. The molecule has 25 heavy (non-hydrogen) atoms. The van der Waals surface area contributed by atoms with E-state index in [1.54, 1.807) is 0 Å². The number of thioether (sulfide) groups is 1. The number of rotatable bonds is 6. The number of thiophene rings is 1. The number of anilines is 1. The highest BCUT2D eigenvalue weighted by atomic mass is 32.2. The summed E-state index contributed by atoms with van der Waals surface area (Å²) in [4.78, 5) is 28.4. The van der Waals surface area contributed by atoms with Crippen molar-refractivity contribution in [2.24, 2.45) is 0 Å². The Morgan fingerprint density at radius 1 is 1.36 bits per heavy atom. The Morgan fingerprint density at radius 3 is 2.88 bits per heavy atom. The number of carbonyl (C=O) groups is 2. The van der Waals surface area contributed by atoms with Gasteiger partial charge in [0, 0.05) is 12.6 Å². The Labute approximate surface area is 150 Å². The van der Waals surface area contributed by atoms with Crippen LogP contribution in [0.5, 0.6) is 0 Å². The van der Waals surface area contributed by atoms with Gasteiger partial charge in [-0.1, -0.05) is 17.8 Å². The van der Waals surface area contributed by atoms with Gasteiger partial charge in [0.25, 0.3) is 0 Å². The quantitative estimate of drug-likeness (QED) is 0.507. The minimum Gasteiger partial charge on any atom is -0.326 e. The van der Waals surface area contributed by atoms with Crippen LogP contribution >= 0.6 is 23.1 Å². The van der Waals surface area contributed by atoms with E-state index < -0.39 is 5.82 Å². The third-order valence-electron chi connectivity index (χ3n) is 3.14. The van der Waals surface area contributed by atoms with Gasteiger partial charge in [-0.25, -0.2) is 9.37 Å². The molecule has 0 saturated heterocycles. The molecule has 3 rings (SSSR count). The van der Waals surface area contributed by atoms with Crippen LogP contribution in [0.4, 0.5) is 10.1 Å². The van der Waals surface area contributed by atoms with Gasteiger partial charge in [-0.2, -0.15) is 0 Å². The number of nitrogens with one attached hydrogen (secondary N) is 2. The van der Waals surface area contributed by atoms with Crippen LogP contribution in [0.3, 0.4) is 0 Å². The standard InChI is InChI=1S/C16H13FN4O2S2/c1-9(22)18-10-4-5-11(12(17)7-10)13(23)8-25-16-19-15(20-21-16)14-3-2-6-24-14/h2-7H,8H2,1H3,(H,18,22)(H,19,20,21). The summed E-state index contributed by atoms with van der Waals surface area (Å²) >= 11 is 2.66. The molecule has 0 aliphatic carbocycles. The van der Waals surface area contributed by atoms with Gasteiger partial charge in [0.2, 0.25) is 11.1 Å². The fourth-order valence-electron chi connectivity index (χ4n) is 2.06. The first-order valence-electron chi connectivity index (χ1n) is 7.22. The summed E-state index contributed by atoms with van der Waals surface area (Å²) in [5.74, 6) is -0.709. The second-order valence-corrected chi connectivity index (χ2v) is 6.92. The molecule has 3 aromatic rings. The molecule has 0 bridgehead atoms. The lowest BCUT2D eigenvalue weighted by atomic mass is 10.1. The van der Waals surface area contributed by atoms with E-state index in [2.05, 4.69) is 20.5 Å². The predicted molar refractivity (Wildman–Crippen MR) is 95.5 cm³/mol. The Kier molecular flexibility index (Phi) is 5.25. The molecule has 128 valence electrons. The smallest absolute Gasteiger partial charge is 0.221 e. The van der Waals surface area contributed by atoms with Crippen molar-refractivity contribution in [1.29, 1.82) is 0 Å². The number of Topliss-reactive ketones (excluding diaryl/α,β-unsaturated/α-hetero) is 1. The number of aromatic nitrogens is 3. The summed E-state index contributed by atoms with van der Waals surface area (Å²) in [6.07, 6.45) is 0. The molecular weight excluding hydrogens is 363 g/mol. The van der Waals surface area contributed by atoms with Crippen LogP contribution in [0.15, 0.2) is 40.9 Å². The number of amides is 1. The van der Waals surface area contributed by atoms with Crippen molar-refractivity contribution in [2.45, 2.75) is 12.1 Å². The highest BCUT2D eigenvalue weighted by Crippen LogP contribution is 2.24. The third kappa shape index (κ3) is 4.31. The maximum atomic E-state index is 14.0. The van der Waals surface area contributed by atoms with Gasteiger partial charge in [-0.15, -0.1) is 16.4 Å². The molecular formula is C16H13FN4O2S2. The second kappa shape index (κ2) is 7.58. The monoisotopic (exact) mass is 376 g/mol. The number of ketones is 1. The summed E-state index contributed by atoms with van der Waals surface area (Å²) in [7, 11) is 0. The second-order valence-electron chi connectivity index (χ2n) is 5.03. The third-order valence-corrected chi connectivity index (χ3v) is 4.87. The molecule has 0 unspecified atom stereocenters. The minimum absolute atomic E-state index is 0.0120. The molecule has 1 aromatic carbocycles. The fourth-order valence-corrected chi connectivity index (χ4v) is 3.41. The van der Waals surface area contributed by atoms with Crippen LogP contribution in [0, 0.1) is 5.82 Å². The lowest BCUT2D eigenvalue weighted by molar-refractivity contribution is -0.114. The average Bonchev–Trinajstić information content (AvgIpc) is 3.23. The van der Waals surface area contributed by atoms with Gasteiger partial charge >= 0.3 is 0 Å². The number of halogens is 1. The molecule has 6 nitrogen and oxygen atoms in total. The summed E-state index contributed by atoms with van der Waals surface area (Å²) in [5, 5.41) is 11.7. The van der Waals surface area contributed by atoms with Gasteiger partial charge in [0.1, 0.15) is 5.82 Å². The number of aromatic amines is 1. The fraction of sp³-hybridized carbons (Fsp3) is 0.125. The van der Waals surface area contributed by atoms with Crippen molar-refractivity contribution in [1.82, 2.24) is 15.2 Å². The molecule has 0 fully saturated rings. The molecule has 0 radical (unpaired) electrons. The molecule has 0 saturated carbocycles. The molecule has 2 aromatic heterocycles. The van der Waals surface area contributed by atoms with Gasteiger partial charge in [0.15, 0.2) is 11.6 Å². The largest absolute Gasteiger partial charge is 0.326 e. The Morgan fingerprint density at radius 2 is 2.20 bits per heavy atom. The first kappa shape index (κ1) is 17.3. The number of H-pyrrole nitrogens is 1. The van der Waals surface area contributed by atoms with Gasteiger partial charge < -0.3 is 5.32 Å². The predicted octanol–water partition coefficient (Wildman–Crippen LogP) is 3.61. The van der Waals surface area contributed by atoms with Crippen molar-refractivity contribution in [3.63, 3.8) is 0 Å². The van der Waals surface area contributed by atoms with Gasteiger partial charge in [-0.05, 0) is 29.6 Å². The molecule has 2 heterocycles. The first-order valence-corrected chi connectivity index (χ1v) is 9.09. The number of carbonyl (C=O) groups excluding carboxylic acids is 2. The van der Waals surface area contributed by atoms with E-state index in [0.717, 1.165) is 22.7 Å². The van der Waals surface area contributed by atoms with E-state index >= 15 is 0 Å². The number of hydrogen-bond donors (Lipinski definition) is 2. The van der Waals surface area contributed by atoms with Crippen molar-refractivity contribution in [2.75, 3.05) is 11.1 Å². The number of benzene rings is 1. The molecule has 0 spiro atoms. The van der Waals surface area contributed by atoms with E-state index in [9.17, 15) is 14.0 Å². The van der Waals surface area contributed by atoms with E-state index in [1.165, 1.54) is 30.4 Å². The first-order chi connectivity index (χ1) is 12.0. The summed E-state index contributed by atoms with van der Waals surface area (Å²) in [6.45, 7) is 1.33. The zero-order chi connectivity index (χ0) is 17.8. The molecule has 2 N–H and O–H groups in total. The molecule has 1 amide bonds. The summed E-state index contributed by atoms with van der Waals surface area (Å²) in [5.41, 5.74) is 0.277. The Bertz CT molecular complexity index is 909. The van der Waals surface area contributed by atoms with Crippen LogP contribution < -0.4 is 5.32 Å². The van der Waals surface area contributed by atoms with Gasteiger partial charge in [0.05, 0.1) is 16.2 Å². The molecule has 0 atom stereocenters. The minimum atomic E-state index is -0.675. The topological polar surface area (TPSA) is 87.7 Å². The van der Waals surface area contributed by atoms with E-state index in [0.29, 0.717) is 16.7 Å². The average molecular weight is 376 g/mol. The summed E-state index contributed by atoms with van der Waals surface area (Å²) in [6, 6.07) is 7.80. The van der Waals surface area contributed by atoms with Crippen molar-refractivity contribution >= 4 is 40.5 Å². The molecule has 9 heteroatoms. The van der Waals surface area contributed by atoms with Gasteiger partial charge in [-0.3, -0.25) is 14.7 Å². The number of hydrogen-bond acceptors (Lipinski definition) is 6. The summed E-state index contributed by atoms with van der Waals surface area (Å²) < 4.78 is 14.0. The van der Waals surface area contributed by atoms with E-state index in [-0.39, 0.29) is 23.0 Å². The van der Waals surface area contributed by atoms with Crippen LogP contribution in [0.25, 0.3) is 10.7 Å². The van der Waals surface area contributed by atoms with Crippen LogP contribution in [-0.4, -0.2) is 32.6 Å².